The summed E-state index contributed by atoms with van der Waals surface area (Å²) in [7, 11) is 0. The molecule has 35 heavy (non-hydrogen) atoms. The number of rotatable bonds is 4. The van der Waals surface area contributed by atoms with E-state index >= 15 is 0 Å². The standard InChI is InChI=1S/C29H24ClFN2O2/c1-17-26(29(35)33-23-14-8-7-13-22(23)31)27(20-11-5-6-12-21(20)30)28-24(32-17)15-19(16-25(28)34)18-9-3-2-4-10-18/h2-14,19,27,32H,15-16H2,1H3,(H,33,35)/t19-,27-/m1/s1. The number of carbonyl (C=O) groups excluding carboxylic acids is 2. The third-order valence-electron chi connectivity index (χ3n) is 6.68. The second-order valence-corrected chi connectivity index (χ2v) is 9.29. The van der Waals surface area contributed by atoms with Gasteiger partial charge in [-0.3, -0.25) is 9.59 Å². The summed E-state index contributed by atoms with van der Waals surface area (Å²) in [5, 5.41) is 6.49. The van der Waals surface area contributed by atoms with Crippen LogP contribution in [0, 0.1) is 5.82 Å². The van der Waals surface area contributed by atoms with Gasteiger partial charge in [0.25, 0.3) is 5.91 Å². The second kappa shape index (κ2) is 9.51. The first kappa shape index (κ1) is 23.1. The van der Waals surface area contributed by atoms with E-state index in [1.54, 1.807) is 25.1 Å². The average molecular weight is 487 g/mol. The topological polar surface area (TPSA) is 58.2 Å². The Morgan fingerprint density at radius 3 is 2.40 bits per heavy atom. The van der Waals surface area contributed by atoms with Crippen LogP contribution in [0.15, 0.2) is 101 Å². The summed E-state index contributed by atoms with van der Waals surface area (Å²) in [6.45, 7) is 1.81. The first-order valence-electron chi connectivity index (χ1n) is 11.5. The molecule has 6 heteroatoms. The van der Waals surface area contributed by atoms with Crippen molar-refractivity contribution < 1.29 is 14.0 Å². The molecule has 1 heterocycles. The summed E-state index contributed by atoms with van der Waals surface area (Å²) in [5.74, 6) is -1.65. The lowest BCUT2D eigenvalue weighted by molar-refractivity contribution is -0.116. The summed E-state index contributed by atoms with van der Waals surface area (Å²) in [6.07, 6.45) is 0.984. The van der Waals surface area contributed by atoms with Crippen LogP contribution in [0.1, 0.15) is 42.7 Å². The quantitative estimate of drug-likeness (QED) is 0.443. The Morgan fingerprint density at radius 1 is 0.971 bits per heavy atom. The van der Waals surface area contributed by atoms with E-state index in [4.69, 9.17) is 11.6 Å². The van der Waals surface area contributed by atoms with Crippen molar-refractivity contribution in [1.29, 1.82) is 0 Å². The Balaban J connectivity index is 1.59. The Hall–Kier alpha value is -3.70. The molecule has 1 aliphatic heterocycles. The lowest BCUT2D eigenvalue weighted by Crippen LogP contribution is -2.37. The zero-order valence-corrected chi connectivity index (χ0v) is 19.9. The first-order chi connectivity index (χ1) is 16.9. The van der Waals surface area contributed by atoms with Gasteiger partial charge in [0.1, 0.15) is 5.82 Å². The van der Waals surface area contributed by atoms with Gasteiger partial charge in [0.05, 0.1) is 5.69 Å². The lowest BCUT2D eigenvalue weighted by atomic mass is 9.71. The van der Waals surface area contributed by atoms with E-state index in [2.05, 4.69) is 10.6 Å². The van der Waals surface area contributed by atoms with E-state index in [9.17, 15) is 14.0 Å². The highest BCUT2D eigenvalue weighted by molar-refractivity contribution is 6.31. The Kier molecular flexibility index (Phi) is 6.27. The molecular formula is C29H24ClFN2O2. The van der Waals surface area contributed by atoms with Crippen molar-refractivity contribution in [3.05, 3.63) is 123 Å². The van der Waals surface area contributed by atoms with Crippen molar-refractivity contribution >= 4 is 29.0 Å². The van der Waals surface area contributed by atoms with Crippen molar-refractivity contribution in [3.63, 3.8) is 0 Å². The zero-order chi connectivity index (χ0) is 24.5. The number of allylic oxidation sites excluding steroid dienone is 3. The van der Waals surface area contributed by atoms with E-state index in [0.717, 1.165) is 11.3 Å². The summed E-state index contributed by atoms with van der Waals surface area (Å²) >= 11 is 6.60. The maximum atomic E-state index is 14.3. The number of para-hydroxylation sites is 1. The van der Waals surface area contributed by atoms with Gasteiger partial charge in [-0.25, -0.2) is 4.39 Å². The highest BCUT2D eigenvalue weighted by Gasteiger charge is 2.41. The van der Waals surface area contributed by atoms with E-state index in [1.165, 1.54) is 12.1 Å². The van der Waals surface area contributed by atoms with Crippen molar-refractivity contribution in [3.8, 4) is 0 Å². The van der Waals surface area contributed by atoms with Crippen molar-refractivity contribution in [2.45, 2.75) is 31.6 Å². The molecule has 0 unspecified atom stereocenters. The van der Waals surface area contributed by atoms with Crippen LogP contribution >= 0.6 is 11.6 Å². The number of anilines is 1. The van der Waals surface area contributed by atoms with Gasteiger partial charge in [-0.15, -0.1) is 0 Å². The predicted molar refractivity (Wildman–Crippen MR) is 136 cm³/mol. The van der Waals surface area contributed by atoms with Gasteiger partial charge >= 0.3 is 0 Å². The van der Waals surface area contributed by atoms with Crippen LogP contribution in [0.2, 0.25) is 5.02 Å². The van der Waals surface area contributed by atoms with Crippen molar-refractivity contribution in [2.75, 3.05) is 5.32 Å². The SMILES string of the molecule is CC1=C(C(=O)Nc2ccccc2F)[C@@H](c2ccccc2Cl)C2=C(C[C@@H](c3ccccc3)CC2=O)N1. The van der Waals surface area contributed by atoms with E-state index in [0.29, 0.717) is 40.3 Å². The Morgan fingerprint density at radius 2 is 1.66 bits per heavy atom. The number of halogens is 2. The van der Waals surface area contributed by atoms with Crippen LogP contribution in [0.3, 0.4) is 0 Å². The van der Waals surface area contributed by atoms with Crippen LogP contribution in [0.25, 0.3) is 0 Å². The molecule has 1 aliphatic carbocycles. The molecule has 0 fully saturated rings. The fourth-order valence-electron chi connectivity index (χ4n) is 5.07. The molecule has 3 aromatic carbocycles. The number of carbonyl (C=O) groups is 2. The third-order valence-corrected chi connectivity index (χ3v) is 7.03. The zero-order valence-electron chi connectivity index (χ0n) is 19.1. The predicted octanol–water partition coefficient (Wildman–Crippen LogP) is 6.48. The lowest BCUT2D eigenvalue weighted by Gasteiger charge is -2.37. The van der Waals surface area contributed by atoms with Gasteiger partial charge < -0.3 is 10.6 Å². The summed E-state index contributed by atoms with van der Waals surface area (Å²) in [4.78, 5) is 27.2. The van der Waals surface area contributed by atoms with Gasteiger partial charge in [-0.1, -0.05) is 72.3 Å². The van der Waals surface area contributed by atoms with Gasteiger partial charge in [-0.2, -0.15) is 0 Å². The van der Waals surface area contributed by atoms with Gasteiger partial charge in [0.15, 0.2) is 5.78 Å². The molecule has 0 aromatic heterocycles. The molecule has 0 saturated heterocycles. The molecular weight excluding hydrogens is 463 g/mol. The van der Waals surface area contributed by atoms with Crippen LogP contribution < -0.4 is 10.6 Å². The van der Waals surface area contributed by atoms with E-state index < -0.39 is 17.6 Å². The number of hydrogen-bond acceptors (Lipinski definition) is 3. The number of nitrogens with one attached hydrogen (secondary N) is 2. The molecule has 3 aromatic rings. The Labute approximate surface area is 208 Å². The molecule has 0 saturated carbocycles. The minimum absolute atomic E-state index is 0.0267. The molecule has 2 atom stereocenters. The number of benzene rings is 3. The van der Waals surface area contributed by atoms with Gasteiger partial charge in [0, 0.05) is 39.9 Å². The van der Waals surface area contributed by atoms with Crippen LogP contribution in [0.4, 0.5) is 10.1 Å². The molecule has 5 rings (SSSR count). The minimum atomic E-state index is -0.657. The molecule has 2 N–H and O–H groups in total. The maximum absolute atomic E-state index is 14.3. The fourth-order valence-corrected chi connectivity index (χ4v) is 5.32. The first-order valence-corrected chi connectivity index (χ1v) is 11.9. The van der Waals surface area contributed by atoms with Crippen LogP contribution in [-0.4, -0.2) is 11.7 Å². The molecule has 1 amide bonds. The van der Waals surface area contributed by atoms with Crippen molar-refractivity contribution in [2.24, 2.45) is 0 Å². The van der Waals surface area contributed by atoms with Gasteiger partial charge in [0.2, 0.25) is 0 Å². The average Bonchev–Trinajstić information content (AvgIpc) is 2.85. The molecule has 2 aliphatic rings. The summed E-state index contributed by atoms with van der Waals surface area (Å²) < 4.78 is 14.3. The highest BCUT2D eigenvalue weighted by Crippen LogP contribution is 2.47. The van der Waals surface area contributed by atoms with Crippen LogP contribution in [-0.2, 0) is 9.59 Å². The highest BCUT2D eigenvalue weighted by atomic mass is 35.5. The number of ketones is 1. The minimum Gasteiger partial charge on any atom is -0.362 e. The normalized spacial score (nSPS) is 19.8. The van der Waals surface area contributed by atoms with E-state index in [1.807, 2.05) is 48.5 Å². The molecule has 176 valence electrons. The van der Waals surface area contributed by atoms with Crippen molar-refractivity contribution in [1.82, 2.24) is 5.32 Å². The molecule has 4 nitrogen and oxygen atoms in total. The number of amides is 1. The van der Waals surface area contributed by atoms with E-state index in [-0.39, 0.29) is 17.4 Å². The Bertz CT molecular complexity index is 1380. The fraction of sp³-hybridized carbons (Fsp3) is 0.172. The van der Waals surface area contributed by atoms with Crippen LogP contribution in [0.5, 0.6) is 0 Å². The third kappa shape index (κ3) is 4.40. The second-order valence-electron chi connectivity index (χ2n) is 8.88. The number of dihydropyridines is 1. The monoisotopic (exact) mass is 486 g/mol. The molecule has 0 bridgehead atoms. The number of hydrogen-bond donors (Lipinski definition) is 2. The smallest absolute Gasteiger partial charge is 0.254 e. The molecule has 0 radical (unpaired) electrons. The molecule has 0 spiro atoms. The van der Waals surface area contributed by atoms with Gasteiger partial charge in [-0.05, 0) is 48.6 Å². The maximum Gasteiger partial charge on any atom is 0.254 e. The largest absolute Gasteiger partial charge is 0.362 e. The number of Topliss-reactive ketones (excluding diaryl/α,β-unsaturated/α-hetero) is 1. The summed E-state index contributed by atoms with van der Waals surface area (Å²) in [5.41, 5.74) is 4.18. The summed E-state index contributed by atoms with van der Waals surface area (Å²) in [6, 6.07) is 23.2.